The molecule has 0 unspecified atom stereocenters. The molecule has 1 fully saturated rings. The molecule has 11 heteroatoms. The van der Waals surface area contributed by atoms with Crippen LogP contribution in [0.5, 0.6) is 0 Å². The minimum atomic E-state index is -0.771. The Morgan fingerprint density at radius 3 is 2.73 bits per heavy atom. The molecule has 3 aromatic rings. The Morgan fingerprint density at radius 1 is 1.33 bits per heavy atom. The summed E-state index contributed by atoms with van der Waals surface area (Å²) in [7, 11) is 1.72. The molecule has 0 saturated heterocycles. The number of carbonyl (C=O) groups is 1. The second-order valence-electron chi connectivity index (χ2n) is 7.74. The summed E-state index contributed by atoms with van der Waals surface area (Å²) in [5.74, 6) is -1.29. The third-order valence-electron chi connectivity index (χ3n) is 5.59. The van der Waals surface area contributed by atoms with Gasteiger partial charge in [-0.3, -0.25) is 14.9 Å². The third kappa shape index (κ3) is 4.70. The minimum absolute atomic E-state index is 0.0122. The molecule has 1 aliphatic rings. The number of nitrogens with one attached hydrogen (secondary N) is 1. The first-order chi connectivity index (χ1) is 15.9. The summed E-state index contributed by atoms with van der Waals surface area (Å²) in [4.78, 5) is 24.1. The van der Waals surface area contributed by atoms with Gasteiger partial charge in [0.2, 0.25) is 0 Å². The Kier molecular flexibility index (Phi) is 6.37. The predicted octanol–water partition coefficient (Wildman–Crippen LogP) is 4.80. The fourth-order valence-corrected chi connectivity index (χ4v) is 4.75. The van der Waals surface area contributed by atoms with Crippen molar-refractivity contribution in [2.24, 2.45) is 7.05 Å². The molecule has 1 saturated carbocycles. The molecule has 1 N–H and O–H groups in total. The highest BCUT2D eigenvalue weighted by Crippen LogP contribution is 2.37. The molecule has 168 valence electrons. The average Bonchev–Trinajstić information content (AvgIpc) is 3.47. The van der Waals surface area contributed by atoms with Gasteiger partial charge in [0, 0.05) is 24.1 Å². The van der Waals surface area contributed by atoms with Gasteiger partial charge >= 0.3 is 0 Å². The van der Waals surface area contributed by atoms with Gasteiger partial charge in [0.25, 0.3) is 11.6 Å². The highest BCUT2D eigenvalue weighted by atomic mass is 32.2. The van der Waals surface area contributed by atoms with Crippen molar-refractivity contribution in [2.45, 2.75) is 41.7 Å². The molecule has 1 aliphatic carbocycles. The van der Waals surface area contributed by atoms with E-state index in [1.54, 1.807) is 17.7 Å². The van der Waals surface area contributed by atoms with Gasteiger partial charge in [-0.1, -0.05) is 12.8 Å². The zero-order valence-electron chi connectivity index (χ0n) is 17.6. The van der Waals surface area contributed by atoms with Crippen molar-refractivity contribution >= 4 is 29.0 Å². The van der Waals surface area contributed by atoms with Crippen molar-refractivity contribution in [2.75, 3.05) is 5.32 Å². The predicted molar refractivity (Wildman–Crippen MR) is 118 cm³/mol. The molecule has 1 heterocycles. The van der Waals surface area contributed by atoms with Crippen molar-refractivity contribution in [1.82, 2.24) is 14.8 Å². The standard InChI is InChI=1S/C22H19FN6O3S/c1-28-12-25-27-22(28)33-19-7-6-16(29(31)32)10-17(19)21(30)26-20-15(11-24)8-14(9-18(20)23)13-4-2-3-5-13/h6-10,12-13H,2-5H2,1H3,(H,26,30). The molecule has 0 atom stereocenters. The minimum Gasteiger partial charge on any atom is -0.318 e. The number of anilines is 1. The lowest BCUT2D eigenvalue weighted by molar-refractivity contribution is -0.384. The highest BCUT2D eigenvalue weighted by Gasteiger charge is 2.24. The summed E-state index contributed by atoms with van der Waals surface area (Å²) in [5.41, 5.74) is 0.178. The van der Waals surface area contributed by atoms with Crippen molar-refractivity contribution < 1.29 is 14.1 Å². The van der Waals surface area contributed by atoms with Crippen LogP contribution in [-0.4, -0.2) is 25.6 Å². The fourth-order valence-electron chi connectivity index (χ4n) is 3.88. The Morgan fingerprint density at radius 2 is 2.09 bits per heavy atom. The van der Waals surface area contributed by atoms with Gasteiger partial charge in [-0.05, 0) is 54.3 Å². The Bertz CT molecular complexity index is 1280. The molecule has 0 aliphatic heterocycles. The summed E-state index contributed by atoms with van der Waals surface area (Å²) >= 11 is 1.09. The number of benzene rings is 2. The normalized spacial score (nSPS) is 13.6. The van der Waals surface area contributed by atoms with Crippen molar-refractivity contribution in [3.8, 4) is 6.07 Å². The summed E-state index contributed by atoms with van der Waals surface area (Å²) in [5, 5.41) is 31.5. The van der Waals surface area contributed by atoms with Crippen LogP contribution < -0.4 is 5.32 Å². The number of nitro groups is 1. The van der Waals surface area contributed by atoms with Gasteiger partial charge in [-0.2, -0.15) is 5.26 Å². The second-order valence-corrected chi connectivity index (χ2v) is 8.75. The molecule has 1 amide bonds. The number of nitriles is 1. The maximum Gasteiger partial charge on any atom is 0.270 e. The number of non-ortho nitro benzene ring substituents is 1. The van der Waals surface area contributed by atoms with E-state index in [1.807, 2.05) is 6.07 Å². The fraction of sp³-hybridized carbons (Fsp3) is 0.273. The smallest absolute Gasteiger partial charge is 0.270 e. The van der Waals surface area contributed by atoms with Crippen molar-refractivity contribution in [3.63, 3.8) is 0 Å². The number of carbonyl (C=O) groups excluding carboxylic acids is 1. The Labute approximate surface area is 192 Å². The summed E-state index contributed by atoms with van der Waals surface area (Å²) < 4.78 is 16.6. The number of hydrogen-bond acceptors (Lipinski definition) is 7. The molecule has 2 aromatic carbocycles. The first-order valence-electron chi connectivity index (χ1n) is 10.2. The van der Waals surface area contributed by atoms with Crippen LogP contribution in [0.2, 0.25) is 0 Å². The van der Waals surface area contributed by atoms with E-state index in [0.29, 0.717) is 10.1 Å². The van der Waals surface area contributed by atoms with Crippen LogP contribution in [0, 0.1) is 27.3 Å². The zero-order valence-corrected chi connectivity index (χ0v) is 18.4. The van der Waals surface area contributed by atoms with E-state index in [-0.39, 0.29) is 28.4 Å². The lowest BCUT2D eigenvalue weighted by Crippen LogP contribution is -2.16. The number of rotatable bonds is 6. The SMILES string of the molecule is Cn1cnnc1Sc1ccc([N+](=O)[O-])cc1C(=O)Nc1c(F)cc(C2CCCC2)cc1C#N. The lowest BCUT2D eigenvalue weighted by atomic mass is 9.95. The number of hydrogen-bond donors (Lipinski definition) is 1. The van der Waals surface area contributed by atoms with Crippen LogP contribution in [0.25, 0.3) is 0 Å². The van der Waals surface area contributed by atoms with E-state index in [1.165, 1.54) is 24.5 Å². The second kappa shape index (κ2) is 9.38. The van der Waals surface area contributed by atoms with Crippen LogP contribution in [0.4, 0.5) is 15.8 Å². The zero-order chi connectivity index (χ0) is 23.5. The summed E-state index contributed by atoms with van der Waals surface area (Å²) in [6.07, 6.45) is 5.48. The van der Waals surface area contributed by atoms with Gasteiger partial charge in [0.05, 0.1) is 21.7 Å². The first-order valence-corrected chi connectivity index (χ1v) is 11.0. The van der Waals surface area contributed by atoms with E-state index in [0.717, 1.165) is 49.1 Å². The molecule has 4 rings (SSSR count). The van der Waals surface area contributed by atoms with Crippen LogP contribution in [0.15, 0.2) is 46.7 Å². The number of amides is 1. The van der Waals surface area contributed by atoms with Crippen LogP contribution in [0.3, 0.4) is 0 Å². The van der Waals surface area contributed by atoms with Gasteiger partial charge in [0.15, 0.2) is 5.16 Å². The Hall–Kier alpha value is -3.78. The highest BCUT2D eigenvalue weighted by molar-refractivity contribution is 7.99. The summed E-state index contributed by atoms with van der Waals surface area (Å²) in [6.45, 7) is 0. The molecule has 1 aromatic heterocycles. The van der Waals surface area contributed by atoms with Crippen molar-refractivity contribution in [3.05, 3.63) is 69.3 Å². The largest absolute Gasteiger partial charge is 0.318 e. The molecular weight excluding hydrogens is 447 g/mol. The number of nitro benzene ring substituents is 1. The quantitative estimate of drug-likeness (QED) is 0.408. The molecule has 0 spiro atoms. The van der Waals surface area contributed by atoms with E-state index >= 15 is 0 Å². The number of nitrogens with zero attached hydrogens (tertiary/aromatic N) is 5. The molecule has 9 nitrogen and oxygen atoms in total. The summed E-state index contributed by atoms with van der Waals surface area (Å²) in [6, 6.07) is 8.73. The number of aromatic nitrogens is 3. The lowest BCUT2D eigenvalue weighted by Gasteiger charge is -2.15. The Balaban J connectivity index is 1.69. The van der Waals surface area contributed by atoms with Gasteiger partial charge in [0.1, 0.15) is 18.2 Å². The first kappa shape index (κ1) is 22.4. The van der Waals surface area contributed by atoms with Gasteiger partial charge in [-0.15, -0.1) is 10.2 Å². The van der Waals surface area contributed by atoms with E-state index in [9.17, 15) is 24.6 Å². The number of halogens is 1. The van der Waals surface area contributed by atoms with Crippen LogP contribution in [-0.2, 0) is 7.05 Å². The van der Waals surface area contributed by atoms with Crippen molar-refractivity contribution in [1.29, 1.82) is 5.26 Å². The third-order valence-corrected chi connectivity index (χ3v) is 6.72. The van der Waals surface area contributed by atoms with Gasteiger partial charge in [-0.25, -0.2) is 4.39 Å². The van der Waals surface area contributed by atoms with E-state index in [2.05, 4.69) is 15.5 Å². The molecule has 0 bridgehead atoms. The topological polar surface area (TPSA) is 127 Å². The molecular formula is C22H19FN6O3S. The maximum absolute atomic E-state index is 15.0. The van der Waals surface area contributed by atoms with Gasteiger partial charge < -0.3 is 9.88 Å². The maximum atomic E-state index is 15.0. The molecule has 0 radical (unpaired) electrons. The monoisotopic (exact) mass is 466 g/mol. The average molecular weight is 466 g/mol. The van der Waals surface area contributed by atoms with Crippen LogP contribution >= 0.6 is 11.8 Å². The van der Waals surface area contributed by atoms with Crippen LogP contribution in [0.1, 0.15) is 53.1 Å². The molecule has 33 heavy (non-hydrogen) atoms. The van der Waals surface area contributed by atoms with E-state index < -0.39 is 16.6 Å². The van der Waals surface area contributed by atoms with E-state index in [4.69, 9.17) is 0 Å². The number of aryl methyl sites for hydroxylation is 1.